The molecule has 0 unspecified atom stereocenters. The van der Waals surface area contributed by atoms with Crippen LogP contribution in [0.15, 0.2) is 0 Å². The largest absolute Gasteiger partial charge is 1.00 e. The molecule has 0 aliphatic rings. The van der Waals surface area contributed by atoms with Crippen LogP contribution in [0.1, 0.15) is 31.9 Å². The van der Waals surface area contributed by atoms with Crippen molar-refractivity contribution in [3.8, 4) is 0 Å². The molecule has 0 aliphatic carbocycles. The molecule has 0 radical (unpaired) electrons. The molecule has 1 heterocycles. The zero-order valence-corrected chi connectivity index (χ0v) is 24.5. The Morgan fingerprint density at radius 1 is 0.611 bits per heavy atom. The number of aromatic carboxylic acids is 3. The van der Waals surface area contributed by atoms with Crippen LogP contribution in [0.3, 0.4) is 0 Å². The van der Waals surface area contributed by atoms with Crippen LogP contribution in [0.25, 0.3) is 0 Å². The minimum absolute atomic E-state index is 0. The van der Waals surface area contributed by atoms with Gasteiger partial charge in [-0.3, -0.25) is 0 Å². The van der Waals surface area contributed by atoms with Gasteiger partial charge >= 0.3 is 175 Å². The van der Waals surface area contributed by atoms with Crippen LogP contribution in [0, 0.1) is 0 Å². The Bertz CT molecular complexity index is 389. The van der Waals surface area contributed by atoms with Gasteiger partial charge in [-0.25, -0.2) is 15.0 Å². The molecule has 0 atom stereocenters. The van der Waals surface area contributed by atoms with Gasteiger partial charge in [-0.05, 0) is 0 Å². The summed E-state index contributed by atoms with van der Waals surface area (Å²) in [5.41, 5.74) is 0. The molecular formula is C6N3O6Rb3. The third-order valence-electron chi connectivity index (χ3n) is 1.18. The van der Waals surface area contributed by atoms with E-state index in [0.717, 1.165) is 0 Å². The van der Waals surface area contributed by atoms with E-state index < -0.39 is 35.4 Å². The van der Waals surface area contributed by atoms with Crippen molar-refractivity contribution in [1.82, 2.24) is 15.0 Å². The average molecular weight is 466 g/mol. The standard InChI is InChI=1S/C6H3N3O6.3Rb/c10-4(11)1-7-2(5(12)13)9-3(8-1)6(14)15;;;/h(H,10,11)(H,12,13)(H,14,15);;;/q;3*+1/p-3. The second-order valence-corrected chi connectivity index (χ2v) is 2.17. The zero-order valence-electron chi connectivity index (χ0n) is 9.79. The molecule has 18 heavy (non-hydrogen) atoms. The Balaban J connectivity index is -0.000000750. The number of hydrogen-bond acceptors (Lipinski definition) is 9. The Labute approximate surface area is 247 Å². The van der Waals surface area contributed by atoms with Gasteiger partial charge in [0.2, 0.25) is 0 Å². The molecule has 9 nitrogen and oxygen atoms in total. The summed E-state index contributed by atoms with van der Waals surface area (Å²) in [6.07, 6.45) is 0. The Morgan fingerprint density at radius 2 is 0.778 bits per heavy atom. The second kappa shape index (κ2) is 12.4. The minimum atomic E-state index is -1.94. The summed E-state index contributed by atoms with van der Waals surface area (Å²) in [6, 6.07) is 0. The molecule has 0 aliphatic heterocycles. The summed E-state index contributed by atoms with van der Waals surface area (Å²) in [4.78, 5) is 39.4. The number of rotatable bonds is 3. The number of carbonyl (C=O) groups excluding carboxylic acids is 3. The Morgan fingerprint density at radius 3 is 0.889 bits per heavy atom. The molecule has 78 valence electrons. The van der Waals surface area contributed by atoms with Gasteiger partial charge in [0.15, 0.2) is 17.5 Å². The Kier molecular flexibility index (Phi) is 17.7. The number of carboxylic acids is 3. The maximum atomic E-state index is 10.3. The molecule has 0 amide bonds. The quantitative estimate of drug-likeness (QED) is 0.421. The van der Waals surface area contributed by atoms with Gasteiger partial charge in [0, 0.05) is 0 Å². The first-order valence-corrected chi connectivity index (χ1v) is 3.32. The van der Waals surface area contributed by atoms with E-state index in [1.165, 1.54) is 0 Å². The van der Waals surface area contributed by atoms with Gasteiger partial charge in [-0.15, -0.1) is 0 Å². The van der Waals surface area contributed by atoms with Crippen LogP contribution in [0.4, 0.5) is 0 Å². The maximum Gasteiger partial charge on any atom is 1.00 e. The van der Waals surface area contributed by atoms with Crippen LogP contribution in [-0.4, -0.2) is 32.9 Å². The van der Waals surface area contributed by atoms with Gasteiger partial charge in [0.05, 0.1) is 0 Å². The molecule has 0 spiro atoms. The smallest absolute Gasteiger partial charge is 0.541 e. The van der Waals surface area contributed by atoms with E-state index in [-0.39, 0.29) is 175 Å². The molecule has 12 heteroatoms. The summed E-state index contributed by atoms with van der Waals surface area (Å²) in [7, 11) is 0. The molecule has 1 aromatic heterocycles. The van der Waals surface area contributed by atoms with E-state index in [9.17, 15) is 29.7 Å². The number of carbonyl (C=O) groups is 3. The third-order valence-corrected chi connectivity index (χ3v) is 1.18. The van der Waals surface area contributed by atoms with Gasteiger partial charge in [-0.1, -0.05) is 0 Å². The number of aromatic nitrogens is 3. The van der Waals surface area contributed by atoms with Gasteiger partial charge in [0.25, 0.3) is 0 Å². The summed E-state index contributed by atoms with van der Waals surface area (Å²) in [6.45, 7) is 0. The van der Waals surface area contributed by atoms with Crippen molar-refractivity contribution < 1.29 is 204 Å². The summed E-state index contributed by atoms with van der Waals surface area (Å²) in [5, 5.41) is 30.8. The average Bonchev–Trinajstić information content (AvgIpc) is 2.16. The van der Waals surface area contributed by atoms with Crippen LogP contribution in [-0.2, 0) is 0 Å². The van der Waals surface area contributed by atoms with Crippen molar-refractivity contribution in [2.45, 2.75) is 0 Å². The van der Waals surface area contributed by atoms with Crippen molar-refractivity contribution in [3.63, 3.8) is 0 Å². The molecule has 0 N–H and O–H groups in total. The van der Waals surface area contributed by atoms with Crippen LogP contribution in [0.5, 0.6) is 0 Å². The number of hydrogen-bond donors (Lipinski definition) is 0. The van der Waals surface area contributed by atoms with E-state index in [1.54, 1.807) is 0 Å². The van der Waals surface area contributed by atoms with Crippen LogP contribution < -0.4 is 190 Å². The zero-order chi connectivity index (χ0) is 11.6. The SMILES string of the molecule is O=C([O-])c1nc(C(=O)[O-])nc(C(=O)[O-])n1.[Rb+].[Rb+].[Rb+]. The van der Waals surface area contributed by atoms with E-state index in [4.69, 9.17) is 0 Å². The van der Waals surface area contributed by atoms with Crippen LogP contribution >= 0.6 is 0 Å². The van der Waals surface area contributed by atoms with Crippen molar-refractivity contribution in [2.24, 2.45) is 0 Å². The predicted molar refractivity (Wildman–Crippen MR) is 32.8 cm³/mol. The fourth-order valence-electron chi connectivity index (χ4n) is 0.650. The topological polar surface area (TPSA) is 159 Å². The molecule has 0 fully saturated rings. The molecule has 1 aromatic rings. The molecule has 0 bridgehead atoms. The first-order chi connectivity index (χ1) is 6.91. The molecule has 0 saturated carbocycles. The molecule has 1 rings (SSSR count). The number of nitrogens with zero attached hydrogens (tertiary/aromatic N) is 3. The minimum Gasteiger partial charge on any atom is -0.541 e. The van der Waals surface area contributed by atoms with Gasteiger partial charge < -0.3 is 29.7 Å². The third kappa shape index (κ3) is 8.32. The maximum absolute atomic E-state index is 10.3. The van der Waals surface area contributed by atoms with Crippen molar-refractivity contribution in [2.75, 3.05) is 0 Å². The monoisotopic (exact) mass is 465 g/mol. The van der Waals surface area contributed by atoms with E-state index in [1.807, 2.05) is 0 Å². The van der Waals surface area contributed by atoms with E-state index in [0.29, 0.717) is 0 Å². The summed E-state index contributed by atoms with van der Waals surface area (Å²) in [5.74, 6) is -9.19. The summed E-state index contributed by atoms with van der Waals surface area (Å²) < 4.78 is 0. The fourth-order valence-corrected chi connectivity index (χ4v) is 0.650. The summed E-state index contributed by atoms with van der Waals surface area (Å²) >= 11 is 0. The molecule has 0 aromatic carbocycles. The van der Waals surface area contributed by atoms with Crippen molar-refractivity contribution in [3.05, 3.63) is 17.5 Å². The van der Waals surface area contributed by atoms with E-state index >= 15 is 0 Å². The molecule has 0 saturated heterocycles. The van der Waals surface area contributed by atoms with Gasteiger partial charge in [0.1, 0.15) is 17.9 Å². The Hall–Kier alpha value is 2.84. The fraction of sp³-hybridized carbons (Fsp3) is 0. The molecular weight excluding hydrogens is 466 g/mol. The first-order valence-electron chi connectivity index (χ1n) is 3.32. The van der Waals surface area contributed by atoms with Crippen LogP contribution in [0.2, 0.25) is 0 Å². The van der Waals surface area contributed by atoms with Crippen molar-refractivity contribution >= 4 is 17.9 Å². The number of carboxylic acid groups (broad SMARTS) is 3. The van der Waals surface area contributed by atoms with Gasteiger partial charge in [-0.2, -0.15) is 0 Å². The predicted octanol–water partition coefficient (Wildman–Crippen LogP) is -14.0. The first kappa shape index (κ1) is 25.8. The van der Waals surface area contributed by atoms with Crippen molar-refractivity contribution in [1.29, 1.82) is 0 Å². The van der Waals surface area contributed by atoms with E-state index in [2.05, 4.69) is 15.0 Å². The second-order valence-electron chi connectivity index (χ2n) is 2.17. The normalized spacial score (nSPS) is 8.00.